The van der Waals surface area contributed by atoms with Gasteiger partial charge in [-0.05, 0) is 18.4 Å². The van der Waals surface area contributed by atoms with E-state index < -0.39 is 9.05 Å². The van der Waals surface area contributed by atoms with Crippen molar-refractivity contribution < 1.29 is 17.9 Å². The lowest BCUT2D eigenvalue weighted by atomic mass is 10.0. The molecule has 0 N–H and O–H groups in total. The van der Waals surface area contributed by atoms with Crippen LogP contribution in [0.1, 0.15) is 24.3 Å². The zero-order valence-corrected chi connectivity index (χ0v) is 12.8. The molecule has 2 rings (SSSR count). The summed E-state index contributed by atoms with van der Waals surface area (Å²) in [5, 5.41) is 0. The van der Waals surface area contributed by atoms with Crippen LogP contribution in [-0.4, -0.2) is 40.1 Å². The van der Waals surface area contributed by atoms with Gasteiger partial charge in [0.1, 0.15) is 0 Å². The van der Waals surface area contributed by atoms with Gasteiger partial charge in [-0.1, -0.05) is 30.3 Å². The Morgan fingerprint density at radius 2 is 1.90 bits per heavy atom. The molecule has 4 nitrogen and oxygen atoms in total. The lowest BCUT2D eigenvalue weighted by Crippen LogP contribution is -2.26. The molecule has 1 aromatic rings. The van der Waals surface area contributed by atoms with Crippen molar-refractivity contribution in [3.63, 3.8) is 0 Å². The molecule has 0 amide bonds. The topological polar surface area (TPSA) is 52.6 Å². The monoisotopic (exact) mass is 318 g/mol. The van der Waals surface area contributed by atoms with Crippen LogP contribution in [0.25, 0.3) is 0 Å². The number of hydrogen-bond donors (Lipinski definition) is 0. The summed E-state index contributed by atoms with van der Waals surface area (Å²) in [5.41, 5.74) is 0.934. The minimum atomic E-state index is -3.56. The molecule has 0 saturated carbocycles. The fourth-order valence-electron chi connectivity index (χ4n) is 2.30. The van der Waals surface area contributed by atoms with Gasteiger partial charge in [-0.2, -0.15) is 0 Å². The SMILES string of the molecule is O=S(=O)(Cl)CC(COC1CCOCC1)c1ccccc1. The molecule has 20 heavy (non-hydrogen) atoms. The molecule has 112 valence electrons. The predicted octanol–water partition coefficient (Wildman–Crippen LogP) is 2.53. The summed E-state index contributed by atoms with van der Waals surface area (Å²) in [7, 11) is 1.84. The van der Waals surface area contributed by atoms with Gasteiger partial charge in [0.15, 0.2) is 0 Å². The molecule has 1 aliphatic heterocycles. The first-order valence-corrected chi connectivity index (χ1v) is 9.19. The molecule has 0 radical (unpaired) electrons. The van der Waals surface area contributed by atoms with Gasteiger partial charge in [-0.25, -0.2) is 8.42 Å². The van der Waals surface area contributed by atoms with Gasteiger partial charge >= 0.3 is 0 Å². The Bertz CT molecular complexity index is 497. The molecular formula is C14H19ClO4S. The van der Waals surface area contributed by atoms with E-state index in [0.29, 0.717) is 19.8 Å². The standard InChI is InChI=1S/C14H19ClO4S/c15-20(16,17)11-13(12-4-2-1-3-5-12)10-19-14-6-8-18-9-7-14/h1-5,13-14H,6-11H2. The smallest absolute Gasteiger partial charge is 0.233 e. The first kappa shape index (κ1) is 15.8. The molecule has 6 heteroatoms. The molecule has 1 aliphatic rings. The van der Waals surface area contributed by atoms with E-state index in [4.69, 9.17) is 20.2 Å². The Morgan fingerprint density at radius 3 is 2.50 bits per heavy atom. The fraction of sp³-hybridized carbons (Fsp3) is 0.571. The van der Waals surface area contributed by atoms with E-state index in [-0.39, 0.29) is 17.8 Å². The Hall–Kier alpha value is -0.620. The van der Waals surface area contributed by atoms with Crippen molar-refractivity contribution in [3.05, 3.63) is 35.9 Å². The Kier molecular flexibility index (Phi) is 5.84. The first-order valence-electron chi connectivity index (χ1n) is 6.71. The van der Waals surface area contributed by atoms with Gasteiger partial charge in [0, 0.05) is 29.8 Å². The molecular weight excluding hydrogens is 300 g/mol. The first-order chi connectivity index (χ1) is 9.54. The van der Waals surface area contributed by atoms with Crippen LogP contribution < -0.4 is 0 Å². The van der Waals surface area contributed by atoms with Gasteiger partial charge in [-0.15, -0.1) is 0 Å². The summed E-state index contributed by atoms with van der Waals surface area (Å²) in [6.07, 6.45) is 1.86. The van der Waals surface area contributed by atoms with Crippen LogP contribution in [0.3, 0.4) is 0 Å². The Balaban J connectivity index is 1.99. The van der Waals surface area contributed by atoms with E-state index in [1.165, 1.54) is 0 Å². The van der Waals surface area contributed by atoms with Crippen LogP contribution in [0.5, 0.6) is 0 Å². The molecule has 1 aromatic carbocycles. The van der Waals surface area contributed by atoms with Crippen molar-refractivity contribution in [2.45, 2.75) is 24.9 Å². The lowest BCUT2D eigenvalue weighted by Gasteiger charge is -2.25. The van der Waals surface area contributed by atoms with Crippen molar-refractivity contribution in [2.24, 2.45) is 0 Å². The van der Waals surface area contributed by atoms with Gasteiger partial charge < -0.3 is 9.47 Å². The van der Waals surface area contributed by atoms with Gasteiger partial charge in [0.25, 0.3) is 0 Å². The quantitative estimate of drug-likeness (QED) is 0.756. The third-order valence-electron chi connectivity index (χ3n) is 3.37. The summed E-state index contributed by atoms with van der Waals surface area (Å²) >= 11 is 0. The highest BCUT2D eigenvalue weighted by Crippen LogP contribution is 2.22. The number of ether oxygens (including phenoxy) is 2. The van der Waals surface area contributed by atoms with Crippen LogP contribution in [0.15, 0.2) is 30.3 Å². The predicted molar refractivity (Wildman–Crippen MR) is 78.6 cm³/mol. The van der Waals surface area contributed by atoms with Crippen LogP contribution >= 0.6 is 10.7 Å². The van der Waals surface area contributed by atoms with Gasteiger partial charge in [-0.3, -0.25) is 0 Å². The highest BCUT2D eigenvalue weighted by Gasteiger charge is 2.22. The van der Waals surface area contributed by atoms with E-state index >= 15 is 0 Å². The van der Waals surface area contributed by atoms with Crippen LogP contribution in [0, 0.1) is 0 Å². The van der Waals surface area contributed by atoms with Crippen molar-refractivity contribution in [1.82, 2.24) is 0 Å². The van der Waals surface area contributed by atoms with Crippen LogP contribution in [0.2, 0.25) is 0 Å². The number of halogens is 1. The summed E-state index contributed by atoms with van der Waals surface area (Å²) in [6, 6.07) is 9.48. The van der Waals surface area contributed by atoms with Crippen molar-refractivity contribution >= 4 is 19.7 Å². The third kappa shape index (κ3) is 5.40. The summed E-state index contributed by atoms with van der Waals surface area (Å²) in [5.74, 6) is -0.344. The zero-order valence-electron chi connectivity index (χ0n) is 11.2. The molecule has 1 atom stereocenters. The molecule has 0 bridgehead atoms. The van der Waals surface area contributed by atoms with Crippen molar-refractivity contribution in [1.29, 1.82) is 0 Å². The van der Waals surface area contributed by atoms with E-state index in [1.807, 2.05) is 30.3 Å². The molecule has 1 fully saturated rings. The second-order valence-electron chi connectivity index (χ2n) is 4.96. The van der Waals surface area contributed by atoms with E-state index in [2.05, 4.69) is 0 Å². The average Bonchev–Trinajstić information content (AvgIpc) is 2.44. The number of benzene rings is 1. The summed E-state index contributed by atoms with van der Waals surface area (Å²) < 4.78 is 33.8. The largest absolute Gasteiger partial charge is 0.381 e. The number of rotatable bonds is 6. The molecule has 1 saturated heterocycles. The Labute approximate surface area is 124 Å². The Morgan fingerprint density at radius 1 is 1.25 bits per heavy atom. The second kappa shape index (κ2) is 7.41. The van der Waals surface area contributed by atoms with Crippen molar-refractivity contribution in [3.8, 4) is 0 Å². The third-order valence-corrected chi connectivity index (χ3v) is 4.55. The molecule has 0 aliphatic carbocycles. The van der Waals surface area contributed by atoms with Crippen LogP contribution in [-0.2, 0) is 18.5 Å². The van der Waals surface area contributed by atoms with Gasteiger partial charge in [0.05, 0.1) is 18.5 Å². The van der Waals surface area contributed by atoms with E-state index in [0.717, 1.165) is 18.4 Å². The van der Waals surface area contributed by atoms with E-state index in [9.17, 15) is 8.42 Å². The number of hydrogen-bond acceptors (Lipinski definition) is 4. The highest BCUT2D eigenvalue weighted by molar-refractivity contribution is 8.13. The average molecular weight is 319 g/mol. The minimum Gasteiger partial charge on any atom is -0.381 e. The molecule has 0 aromatic heterocycles. The second-order valence-corrected chi connectivity index (χ2v) is 7.78. The molecule has 1 unspecified atom stereocenters. The normalized spacial score (nSPS) is 18.9. The molecule has 1 heterocycles. The van der Waals surface area contributed by atoms with Crippen molar-refractivity contribution in [2.75, 3.05) is 25.6 Å². The lowest BCUT2D eigenvalue weighted by molar-refractivity contribution is -0.0348. The van der Waals surface area contributed by atoms with Crippen LogP contribution in [0.4, 0.5) is 0 Å². The highest BCUT2D eigenvalue weighted by atomic mass is 35.7. The molecule has 0 spiro atoms. The maximum Gasteiger partial charge on any atom is 0.233 e. The summed E-state index contributed by atoms with van der Waals surface area (Å²) in [6.45, 7) is 1.77. The minimum absolute atomic E-state index is 0.109. The fourth-order valence-corrected chi connectivity index (χ4v) is 3.53. The summed E-state index contributed by atoms with van der Waals surface area (Å²) in [4.78, 5) is 0. The maximum absolute atomic E-state index is 11.4. The van der Waals surface area contributed by atoms with E-state index in [1.54, 1.807) is 0 Å². The zero-order chi connectivity index (χ0) is 14.4. The van der Waals surface area contributed by atoms with Gasteiger partial charge in [0.2, 0.25) is 9.05 Å². The maximum atomic E-state index is 11.4.